The Bertz CT molecular complexity index is 1450. The fraction of sp³-hybridized carbons (Fsp3) is 0.324. The number of nitrogens with zero attached hydrogens (tertiary/aromatic N) is 1. The van der Waals surface area contributed by atoms with Gasteiger partial charge in [-0.15, -0.1) is 0 Å². The van der Waals surface area contributed by atoms with E-state index in [9.17, 15) is 0 Å². The lowest BCUT2D eigenvalue weighted by Gasteiger charge is -2.38. The number of hydrogen-bond donors (Lipinski definition) is 5. The second-order valence-corrected chi connectivity index (χ2v) is 12.8. The van der Waals surface area contributed by atoms with E-state index in [0.29, 0.717) is 16.0 Å². The van der Waals surface area contributed by atoms with Crippen molar-refractivity contribution in [2.45, 2.75) is 43.5 Å². The average molecular weight is 638 g/mol. The zero-order chi connectivity index (χ0) is 30.9. The number of nitrogens with one attached hydrogen (secondary N) is 4. The molecule has 6 N–H and O–H groups in total. The van der Waals surface area contributed by atoms with E-state index in [1.165, 1.54) is 5.56 Å². The van der Waals surface area contributed by atoms with Crippen molar-refractivity contribution < 1.29 is 0 Å². The van der Waals surface area contributed by atoms with Crippen LogP contribution in [0.1, 0.15) is 36.0 Å². The Balaban J connectivity index is 1.48. The third-order valence-electron chi connectivity index (χ3n) is 8.10. The molecule has 1 aliphatic heterocycles. The molecule has 0 aromatic heterocycles. The molecule has 1 saturated heterocycles. The molecule has 0 amide bonds. The normalized spacial score (nSPS) is 14.3. The fourth-order valence-corrected chi connectivity index (χ4v) is 6.69. The van der Waals surface area contributed by atoms with Crippen LogP contribution in [-0.2, 0) is 6.42 Å². The van der Waals surface area contributed by atoms with E-state index in [4.69, 9.17) is 34.3 Å². The van der Waals surface area contributed by atoms with Gasteiger partial charge < -0.3 is 21.3 Å². The number of benzene rings is 3. The van der Waals surface area contributed by atoms with Gasteiger partial charge in [0, 0.05) is 58.4 Å². The number of piperidine rings is 1. The Morgan fingerprint density at radius 1 is 1.09 bits per heavy atom. The SMILES string of the molecule is C=C(NC)NCCC1CCN(C(=C)[C@H](Cc2cc(C(=N)N)ccc2C)NSc2cccc(-c3ccc(Cl)cc3Cl)c2)CC1. The molecule has 0 unspecified atom stereocenters. The quantitative estimate of drug-likeness (QED) is 0.0722. The molecule has 0 aliphatic carbocycles. The highest BCUT2D eigenvalue weighted by Gasteiger charge is 2.25. The van der Waals surface area contributed by atoms with Crippen LogP contribution in [0, 0.1) is 18.3 Å². The lowest BCUT2D eigenvalue weighted by atomic mass is 9.92. The van der Waals surface area contributed by atoms with Crippen LogP contribution in [0.5, 0.6) is 0 Å². The molecule has 1 aliphatic rings. The summed E-state index contributed by atoms with van der Waals surface area (Å²) >= 11 is 14.2. The molecular weight excluding hydrogens is 595 g/mol. The summed E-state index contributed by atoms with van der Waals surface area (Å²) in [6.45, 7) is 13.6. The summed E-state index contributed by atoms with van der Waals surface area (Å²) in [5, 5.41) is 15.6. The number of hydrogen-bond acceptors (Lipinski definition) is 6. The zero-order valence-corrected chi connectivity index (χ0v) is 27.3. The summed E-state index contributed by atoms with van der Waals surface area (Å²) in [7, 11) is 1.88. The zero-order valence-electron chi connectivity index (χ0n) is 25.0. The van der Waals surface area contributed by atoms with E-state index in [1.54, 1.807) is 18.0 Å². The van der Waals surface area contributed by atoms with Gasteiger partial charge in [0.25, 0.3) is 0 Å². The smallest absolute Gasteiger partial charge is 0.122 e. The molecule has 0 spiro atoms. The molecule has 9 heteroatoms. The maximum absolute atomic E-state index is 7.95. The first-order valence-corrected chi connectivity index (χ1v) is 16.2. The number of aryl methyl sites for hydroxylation is 1. The van der Waals surface area contributed by atoms with Gasteiger partial charge in [0.05, 0.1) is 11.9 Å². The van der Waals surface area contributed by atoms with E-state index >= 15 is 0 Å². The van der Waals surface area contributed by atoms with Crippen molar-refractivity contribution in [2.75, 3.05) is 26.7 Å². The van der Waals surface area contributed by atoms with E-state index in [2.05, 4.69) is 58.5 Å². The predicted molar refractivity (Wildman–Crippen MR) is 185 cm³/mol. The Labute approximate surface area is 270 Å². The summed E-state index contributed by atoms with van der Waals surface area (Å²) in [5.74, 6) is 1.62. The Morgan fingerprint density at radius 3 is 2.56 bits per heavy atom. The Kier molecular flexibility index (Phi) is 11.9. The highest BCUT2D eigenvalue weighted by Crippen LogP contribution is 2.33. The maximum atomic E-state index is 7.95. The molecule has 1 fully saturated rings. The van der Waals surface area contributed by atoms with Crippen LogP contribution in [0.2, 0.25) is 10.0 Å². The second-order valence-electron chi connectivity index (χ2n) is 11.0. The lowest BCUT2D eigenvalue weighted by molar-refractivity contribution is 0.208. The van der Waals surface area contributed by atoms with Crippen molar-refractivity contribution in [1.29, 1.82) is 5.41 Å². The summed E-state index contributed by atoms with van der Waals surface area (Å²) in [5.41, 5.74) is 12.0. The monoisotopic (exact) mass is 636 g/mol. The molecule has 0 saturated carbocycles. The number of nitrogens with two attached hydrogens (primary N) is 1. The third kappa shape index (κ3) is 9.19. The van der Waals surface area contributed by atoms with Crippen molar-refractivity contribution in [2.24, 2.45) is 11.7 Å². The van der Waals surface area contributed by atoms with Gasteiger partial charge in [0.1, 0.15) is 5.84 Å². The van der Waals surface area contributed by atoms with E-state index < -0.39 is 0 Å². The van der Waals surface area contributed by atoms with Crippen LogP contribution in [0.15, 0.2) is 90.2 Å². The number of halogens is 2. The fourth-order valence-electron chi connectivity index (χ4n) is 5.34. The molecule has 3 aromatic rings. The second kappa shape index (κ2) is 15.6. The van der Waals surface area contributed by atoms with Gasteiger partial charge in [-0.05, 0) is 97.5 Å². The molecule has 0 radical (unpaired) electrons. The van der Waals surface area contributed by atoms with E-state index in [-0.39, 0.29) is 11.9 Å². The number of likely N-dealkylation sites (tertiary alicyclic amines) is 1. The van der Waals surface area contributed by atoms with Crippen molar-refractivity contribution >= 4 is 41.0 Å². The van der Waals surface area contributed by atoms with Crippen molar-refractivity contribution in [3.63, 3.8) is 0 Å². The molecule has 0 bridgehead atoms. The van der Waals surface area contributed by atoms with Crippen molar-refractivity contribution in [3.8, 4) is 11.1 Å². The first-order valence-electron chi connectivity index (χ1n) is 14.6. The van der Waals surface area contributed by atoms with Gasteiger partial charge in [-0.1, -0.05) is 66.7 Å². The van der Waals surface area contributed by atoms with Gasteiger partial charge in [-0.2, -0.15) is 0 Å². The minimum atomic E-state index is -0.0224. The molecule has 43 heavy (non-hydrogen) atoms. The van der Waals surface area contributed by atoms with Crippen LogP contribution in [0.25, 0.3) is 11.1 Å². The van der Waals surface area contributed by atoms with E-state index in [0.717, 1.165) is 84.0 Å². The average Bonchev–Trinajstić information content (AvgIpc) is 3.00. The summed E-state index contributed by atoms with van der Waals surface area (Å²) in [4.78, 5) is 3.51. The van der Waals surface area contributed by atoms with Gasteiger partial charge in [-0.25, -0.2) is 0 Å². The molecule has 4 rings (SSSR count). The summed E-state index contributed by atoms with van der Waals surface area (Å²) < 4.78 is 3.73. The van der Waals surface area contributed by atoms with Crippen LogP contribution in [0.4, 0.5) is 0 Å². The highest BCUT2D eigenvalue weighted by atomic mass is 35.5. The number of amidine groups is 1. The number of rotatable bonds is 14. The van der Waals surface area contributed by atoms with Crippen molar-refractivity contribution in [3.05, 3.63) is 112 Å². The first kappa shape index (κ1) is 32.8. The largest absolute Gasteiger partial charge is 0.384 e. The van der Waals surface area contributed by atoms with E-state index in [1.807, 2.05) is 43.4 Å². The van der Waals surface area contributed by atoms with Crippen LogP contribution < -0.4 is 21.1 Å². The standard InChI is InChI=1S/C34H42Cl2N6S/c1-22-8-9-27(34(37)38)18-28(22)20-33(23(2)42-16-13-25(14-17-42)12-15-40-24(3)39-4)41-43-30-7-5-6-26(19-30)31-11-10-29(35)21-32(31)36/h5-11,18-19,21,25,33,39-41H,2-3,12-17,20H2,1,4H3,(H3,37,38)/t33-/m0/s1. The van der Waals surface area contributed by atoms with Crippen molar-refractivity contribution in [1.82, 2.24) is 20.3 Å². The van der Waals surface area contributed by atoms with Gasteiger partial charge in [0.2, 0.25) is 0 Å². The minimum Gasteiger partial charge on any atom is -0.384 e. The highest BCUT2D eigenvalue weighted by molar-refractivity contribution is 7.97. The van der Waals surface area contributed by atoms with Gasteiger partial charge in [-0.3, -0.25) is 10.1 Å². The molecule has 228 valence electrons. The van der Waals surface area contributed by atoms with Gasteiger partial charge in [0.15, 0.2) is 0 Å². The molecule has 6 nitrogen and oxygen atoms in total. The van der Waals surface area contributed by atoms with Crippen LogP contribution in [0.3, 0.4) is 0 Å². The van der Waals surface area contributed by atoms with Crippen LogP contribution in [-0.4, -0.2) is 43.5 Å². The van der Waals surface area contributed by atoms with Gasteiger partial charge >= 0.3 is 0 Å². The maximum Gasteiger partial charge on any atom is 0.122 e. The molecule has 1 atom stereocenters. The molecular formula is C34H42Cl2N6S. The summed E-state index contributed by atoms with van der Waals surface area (Å²) in [6, 6.07) is 19.9. The topological polar surface area (TPSA) is 89.2 Å². The van der Waals surface area contributed by atoms with Crippen LogP contribution >= 0.6 is 35.1 Å². The Hall–Kier alpha value is -3.10. The lowest BCUT2D eigenvalue weighted by Crippen LogP contribution is -2.41. The first-order chi connectivity index (χ1) is 20.6. The predicted octanol–water partition coefficient (Wildman–Crippen LogP) is 7.36. The molecule has 1 heterocycles. The summed E-state index contributed by atoms with van der Waals surface area (Å²) in [6.07, 6.45) is 4.13. The Morgan fingerprint density at radius 2 is 1.86 bits per heavy atom. The molecule has 3 aromatic carbocycles. The number of nitrogen functional groups attached to an aromatic ring is 1. The third-order valence-corrected chi connectivity index (χ3v) is 9.53. The minimum absolute atomic E-state index is 0.0224.